The summed E-state index contributed by atoms with van der Waals surface area (Å²) in [4.78, 5) is 38.8. The van der Waals surface area contributed by atoms with E-state index >= 15 is 0 Å². The van der Waals surface area contributed by atoms with E-state index in [9.17, 15) is 14.4 Å². The van der Waals surface area contributed by atoms with Gasteiger partial charge in [0.1, 0.15) is 5.60 Å². The highest BCUT2D eigenvalue weighted by molar-refractivity contribution is 5.72. The zero-order valence-corrected chi connectivity index (χ0v) is 26.6. The van der Waals surface area contributed by atoms with Crippen LogP contribution in [0.5, 0.6) is 0 Å². The summed E-state index contributed by atoms with van der Waals surface area (Å²) in [6.07, 6.45) is 18.1. The second-order valence-corrected chi connectivity index (χ2v) is 12.6. The Morgan fingerprint density at radius 1 is 0.750 bits per heavy atom. The summed E-state index contributed by atoms with van der Waals surface area (Å²) in [5.41, 5.74) is -0.479. The van der Waals surface area contributed by atoms with Crippen molar-refractivity contribution in [1.29, 1.82) is 0 Å². The fraction of sp³-hybridized carbons (Fsp3) is 0.909. The summed E-state index contributed by atoms with van der Waals surface area (Å²) in [5.74, 6) is 0.237. The predicted molar refractivity (Wildman–Crippen MR) is 161 cm³/mol. The molecule has 40 heavy (non-hydrogen) atoms. The van der Waals surface area contributed by atoms with Crippen molar-refractivity contribution in [3.63, 3.8) is 0 Å². The molecule has 1 unspecified atom stereocenters. The van der Waals surface area contributed by atoms with Gasteiger partial charge in [-0.05, 0) is 71.6 Å². The Balaban J connectivity index is 2.16. The number of amides is 1. The molecule has 1 saturated heterocycles. The summed E-state index contributed by atoms with van der Waals surface area (Å²) in [5, 5.41) is 0. The van der Waals surface area contributed by atoms with Crippen molar-refractivity contribution in [3.05, 3.63) is 0 Å². The second-order valence-electron chi connectivity index (χ2n) is 12.6. The van der Waals surface area contributed by atoms with Crippen molar-refractivity contribution >= 4 is 18.0 Å². The molecule has 1 amide bonds. The van der Waals surface area contributed by atoms with E-state index in [0.29, 0.717) is 51.5 Å². The summed E-state index contributed by atoms with van der Waals surface area (Å²) in [6.45, 7) is 12.2. The van der Waals surface area contributed by atoms with Crippen LogP contribution in [0.1, 0.15) is 150 Å². The zero-order chi connectivity index (χ0) is 29.6. The average Bonchev–Trinajstić information content (AvgIpc) is 2.90. The molecule has 1 aliphatic heterocycles. The van der Waals surface area contributed by atoms with Gasteiger partial charge in [-0.25, -0.2) is 4.79 Å². The third-order valence-electron chi connectivity index (χ3n) is 7.72. The lowest BCUT2D eigenvalue weighted by molar-refractivity contribution is -0.149. The number of carbonyl (C=O) groups is 3. The first-order valence-electron chi connectivity index (χ1n) is 16.5. The van der Waals surface area contributed by atoms with E-state index in [-0.39, 0.29) is 23.9 Å². The van der Waals surface area contributed by atoms with Crippen LogP contribution in [-0.4, -0.2) is 54.8 Å². The molecule has 1 heterocycles. The predicted octanol–water partition coefficient (Wildman–Crippen LogP) is 8.62. The molecular formula is C33H61NO6. The van der Waals surface area contributed by atoms with Gasteiger partial charge in [0, 0.05) is 19.5 Å². The number of rotatable bonds is 21. The molecule has 0 radical (unpaired) electrons. The minimum atomic E-state index is -0.479. The standard InChI is InChI=1S/C33H61NO6/c1-6-8-10-12-13-15-19-29(18-14-11-9-7-2)31(36)39-26-17-16-20-30(35)38-27-23-28-21-24-34(25-22-28)32(37)40-33(3,4)5/h28-29H,6-27H2,1-5H3. The van der Waals surface area contributed by atoms with Gasteiger partial charge >= 0.3 is 18.0 Å². The van der Waals surface area contributed by atoms with Crippen molar-refractivity contribution in [2.45, 2.75) is 156 Å². The number of piperidine rings is 1. The first kappa shape index (κ1) is 36.2. The van der Waals surface area contributed by atoms with Gasteiger partial charge in [0.25, 0.3) is 0 Å². The molecule has 1 aliphatic rings. The van der Waals surface area contributed by atoms with E-state index in [4.69, 9.17) is 14.2 Å². The van der Waals surface area contributed by atoms with Crippen LogP contribution in [0.25, 0.3) is 0 Å². The maximum atomic E-state index is 12.7. The molecule has 1 atom stereocenters. The molecule has 234 valence electrons. The quantitative estimate of drug-likeness (QED) is 0.0784. The first-order chi connectivity index (χ1) is 19.2. The van der Waals surface area contributed by atoms with E-state index in [2.05, 4.69) is 13.8 Å². The van der Waals surface area contributed by atoms with Gasteiger partial charge in [0.05, 0.1) is 19.1 Å². The van der Waals surface area contributed by atoms with Crippen LogP contribution in [0.4, 0.5) is 4.79 Å². The Morgan fingerprint density at radius 2 is 1.32 bits per heavy atom. The van der Waals surface area contributed by atoms with Crippen LogP contribution < -0.4 is 0 Å². The lowest BCUT2D eigenvalue weighted by Crippen LogP contribution is -2.41. The zero-order valence-electron chi connectivity index (χ0n) is 26.6. The van der Waals surface area contributed by atoms with Crippen molar-refractivity contribution < 1.29 is 28.6 Å². The Hall–Kier alpha value is -1.79. The number of esters is 2. The number of nitrogens with zero attached hydrogens (tertiary/aromatic N) is 1. The molecule has 7 heteroatoms. The van der Waals surface area contributed by atoms with E-state index in [0.717, 1.165) is 44.9 Å². The van der Waals surface area contributed by atoms with Gasteiger partial charge < -0.3 is 19.1 Å². The number of ether oxygens (including phenoxy) is 3. The highest BCUT2D eigenvalue weighted by atomic mass is 16.6. The van der Waals surface area contributed by atoms with Crippen LogP contribution in [-0.2, 0) is 23.8 Å². The lowest BCUT2D eigenvalue weighted by Gasteiger charge is -2.33. The second kappa shape index (κ2) is 21.9. The fourth-order valence-corrected chi connectivity index (χ4v) is 5.17. The number of hydrogen-bond acceptors (Lipinski definition) is 6. The van der Waals surface area contributed by atoms with Crippen molar-refractivity contribution in [2.24, 2.45) is 11.8 Å². The maximum absolute atomic E-state index is 12.7. The molecule has 1 fully saturated rings. The number of unbranched alkanes of at least 4 members (excludes halogenated alkanes) is 9. The lowest BCUT2D eigenvalue weighted by atomic mass is 9.94. The largest absolute Gasteiger partial charge is 0.466 e. The van der Waals surface area contributed by atoms with Crippen LogP contribution in [0, 0.1) is 11.8 Å². The van der Waals surface area contributed by atoms with E-state index < -0.39 is 5.60 Å². The number of hydrogen-bond donors (Lipinski definition) is 0. The molecule has 1 rings (SSSR count). The van der Waals surface area contributed by atoms with Gasteiger partial charge in [-0.3, -0.25) is 9.59 Å². The normalized spacial score (nSPS) is 15.1. The van der Waals surface area contributed by atoms with E-state index in [1.807, 2.05) is 20.8 Å². The average molecular weight is 568 g/mol. The van der Waals surface area contributed by atoms with Gasteiger partial charge in [-0.2, -0.15) is 0 Å². The Labute approximate surface area is 245 Å². The number of carbonyl (C=O) groups excluding carboxylic acids is 3. The van der Waals surface area contributed by atoms with Crippen LogP contribution in [0.15, 0.2) is 0 Å². The third-order valence-corrected chi connectivity index (χ3v) is 7.72. The molecule has 0 spiro atoms. The maximum Gasteiger partial charge on any atom is 0.410 e. The summed E-state index contributed by atoms with van der Waals surface area (Å²) in [7, 11) is 0. The van der Waals surface area contributed by atoms with Crippen LogP contribution in [0.3, 0.4) is 0 Å². The van der Waals surface area contributed by atoms with Crippen molar-refractivity contribution in [1.82, 2.24) is 4.90 Å². The van der Waals surface area contributed by atoms with Crippen molar-refractivity contribution in [3.8, 4) is 0 Å². The molecule has 7 nitrogen and oxygen atoms in total. The monoisotopic (exact) mass is 567 g/mol. The van der Waals surface area contributed by atoms with Crippen molar-refractivity contribution in [2.75, 3.05) is 26.3 Å². The Bertz CT molecular complexity index is 681. The molecule has 0 saturated carbocycles. The molecule has 0 N–H and O–H groups in total. The number of likely N-dealkylation sites (tertiary alicyclic amines) is 1. The summed E-state index contributed by atoms with van der Waals surface area (Å²) < 4.78 is 16.5. The molecule has 0 aliphatic carbocycles. The third kappa shape index (κ3) is 18.5. The topological polar surface area (TPSA) is 82.1 Å². The van der Waals surface area contributed by atoms with E-state index in [1.54, 1.807) is 4.90 Å². The van der Waals surface area contributed by atoms with Gasteiger partial charge in [0.2, 0.25) is 0 Å². The molecular weight excluding hydrogens is 506 g/mol. The van der Waals surface area contributed by atoms with Gasteiger partial charge in [-0.1, -0.05) is 78.1 Å². The highest BCUT2D eigenvalue weighted by Crippen LogP contribution is 2.23. The van der Waals surface area contributed by atoms with Gasteiger partial charge in [-0.15, -0.1) is 0 Å². The highest BCUT2D eigenvalue weighted by Gasteiger charge is 2.27. The minimum Gasteiger partial charge on any atom is -0.466 e. The molecule has 0 aromatic heterocycles. The summed E-state index contributed by atoms with van der Waals surface area (Å²) in [6, 6.07) is 0. The minimum absolute atomic E-state index is 0.0176. The fourth-order valence-electron chi connectivity index (χ4n) is 5.17. The Morgan fingerprint density at radius 3 is 1.93 bits per heavy atom. The smallest absolute Gasteiger partial charge is 0.410 e. The SMILES string of the molecule is CCCCCCCCC(CCCCCC)C(=O)OCCCCC(=O)OCCC1CCN(C(=O)OC(C)(C)C)CC1. The van der Waals surface area contributed by atoms with Gasteiger partial charge in [0.15, 0.2) is 0 Å². The van der Waals surface area contributed by atoms with Crippen LogP contribution in [0.2, 0.25) is 0 Å². The van der Waals surface area contributed by atoms with Crippen LogP contribution >= 0.6 is 0 Å². The molecule has 0 aromatic carbocycles. The first-order valence-corrected chi connectivity index (χ1v) is 16.5. The summed E-state index contributed by atoms with van der Waals surface area (Å²) >= 11 is 0. The molecule has 0 bridgehead atoms. The molecule has 0 aromatic rings. The van der Waals surface area contributed by atoms with E-state index in [1.165, 1.54) is 51.4 Å². The Kier molecular flexibility index (Phi) is 19.8.